The Kier molecular flexibility index (Phi) is 3.43. The van der Waals surface area contributed by atoms with Gasteiger partial charge in [0.1, 0.15) is 5.15 Å². The molecule has 0 amide bonds. The number of nitrogens with zero attached hydrogens (tertiary/aromatic N) is 2. The molecule has 0 aliphatic rings. The molecular formula is C12H9ClN3O2. The Morgan fingerprint density at radius 3 is 2.94 bits per heavy atom. The summed E-state index contributed by atoms with van der Waals surface area (Å²) in [5.41, 5.74) is 1.04. The van der Waals surface area contributed by atoms with Gasteiger partial charge in [0.2, 0.25) is 5.82 Å². The number of anilines is 2. The summed E-state index contributed by atoms with van der Waals surface area (Å²) in [6.45, 7) is 1.62. The van der Waals surface area contributed by atoms with Crippen molar-refractivity contribution in [3.05, 3.63) is 57.2 Å². The van der Waals surface area contributed by atoms with Gasteiger partial charge >= 0.3 is 5.69 Å². The molecule has 2 aromatic rings. The molecule has 1 aromatic heterocycles. The van der Waals surface area contributed by atoms with Crippen molar-refractivity contribution in [3.8, 4) is 0 Å². The van der Waals surface area contributed by atoms with Crippen LogP contribution in [0.15, 0.2) is 30.3 Å². The van der Waals surface area contributed by atoms with Crippen LogP contribution in [0.2, 0.25) is 5.15 Å². The lowest BCUT2D eigenvalue weighted by Gasteiger charge is -2.07. The number of benzene rings is 1. The van der Waals surface area contributed by atoms with Gasteiger partial charge in [0.25, 0.3) is 0 Å². The zero-order valence-corrected chi connectivity index (χ0v) is 10.2. The summed E-state index contributed by atoms with van der Waals surface area (Å²) in [6, 6.07) is 11.3. The highest BCUT2D eigenvalue weighted by atomic mass is 35.5. The Bertz CT molecular complexity index is 587. The molecule has 0 saturated carbocycles. The van der Waals surface area contributed by atoms with E-state index in [2.05, 4.69) is 16.4 Å². The quantitative estimate of drug-likeness (QED) is 0.522. The minimum absolute atomic E-state index is 0.0803. The van der Waals surface area contributed by atoms with E-state index in [1.54, 1.807) is 31.2 Å². The predicted octanol–water partition coefficient (Wildman–Crippen LogP) is 3.50. The monoisotopic (exact) mass is 262 g/mol. The fourth-order valence-electron chi connectivity index (χ4n) is 1.55. The number of rotatable bonds is 3. The highest BCUT2D eigenvalue weighted by molar-refractivity contribution is 6.29. The van der Waals surface area contributed by atoms with E-state index in [-0.39, 0.29) is 16.7 Å². The van der Waals surface area contributed by atoms with Crippen LogP contribution in [0.3, 0.4) is 0 Å². The van der Waals surface area contributed by atoms with Gasteiger partial charge < -0.3 is 5.32 Å². The Morgan fingerprint density at radius 2 is 2.33 bits per heavy atom. The van der Waals surface area contributed by atoms with Crippen molar-refractivity contribution in [2.75, 3.05) is 5.32 Å². The summed E-state index contributed by atoms with van der Waals surface area (Å²) in [4.78, 5) is 14.5. The molecule has 0 fully saturated rings. The molecule has 0 spiro atoms. The van der Waals surface area contributed by atoms with Gasteiger partial charge in [-0.15, -0.1) is 0 Å². The van der Waals surface area contributed by atoms with E-state index < -0.39 is 4.92 Å². The normalized spacial score (nSPS) is 10.1. The van der Waals surface area contributed by atoms with Crippen LogP contribution in [0, 0.1) is 23.1 Å². The predicted molar refractivity (Wildman–Crippen MR) is 69.2 cm³/mol. The van der Waals surface area contributed by atoms with Crippen molar-refractivity contribution in [2.24, 2.45) is 0 Å². The number of aryl methyl sites for hydroxylation is 1. The van der Waals surface area contributed by atoms with Crippen LogP contribution in [-0.2, 0) is 0 Å². The number of pyridine rings is 1. The minimum Gasteiger partial charge on any atom is -0.334 e. The maximum absolute atomic E-state index is 11.0. The third-order valence-corrected chi connectivity index (χ3v) is 2.50. The third kappa shape index (κ3) is 2.57. The van der Waals surface area contributed by atoms with Crippen molar-refractivity contribution in [2.45, 2.75) is 6.92 Å². The van der Waals surface area contributed by atoms with Gasteiger partial charge in [-0.25, -0.2) is 4.98 Å². The average molecular weight is 263 g/mol. The largest absolute Gasteiger partial charge is 0.334 e. The summed E-state index contributed by atoms with van der Waals surface area (Å²) >= 11 is 5.81. The fraction of sp³-hybridized carbons (Fsp3) is 0.0833. The molecule has 1 radical (unpaired) electrons. The van der Waals surface area contributed by atoms with Gasteiger partial charge in [-0.3, -0.25) is 10.1 Å². The zero-order valence-electron chi connectivity index (χ0n) is 9.48. The van der Waals surface area contributed by atoms with Crippen LogP contribution in [0.1, 0.15) is 5.56 Å². The Labute approximate surface area is 109 Å². The van der Waals surface area contributed by atoms with Gasteiger partial charge in [0.05, 0.1) is 4.92 Å². The molecule has 1 aromatic carbocycles. The van der Waals surface area contributed by atoms with Crippen molar-refractivity contribution in [1.82, 2.24) is 4.98 Å². The standard InChI is InChI=1S/C12H9ClN3O2/c1-8-7-10(13)15-12(11(8)16(17)18)14-9-5-3-2-4-6-9/h2-3,5-7H,1H3,(H,14,15). The van der Waals surface area contributed by atoms with E-state index in [1.165, 1.54) is 6.07 Å². The lowest BCUT2D eigenvalue weighted by molar-refractivity contribution is -0.384. The molecule has 6 heteroatoms. The summed E-state index contributed by atoms with van der Waals surface area (Å²) in [6.07, 6.45) is 0. The van der Waals surface area contributed by atoms with Gasteiger partial charge in [-0.1, -0.05) is 23.7 Å². The lowest BCUT2D eigenvalue weighted by Crippen LogP contribution is -2.02. The molecule has 1 heterocycles. The number of hydrogen-bond donors (Lipinski definition) is 1. The first kappa shape index (κ1) is 12.3. The highest BCUT2D eigenvalue weighted by Crippen LogP contribution is 2.30. The maximum Gasteiger partial charge on any atom is 0.314 e. The van der Waals surface area contributed by atoms with Crippen molar-refractivity contribution in [3.63, 3.8) is 0 Å². The van der Waals surface area contributed by atoms with E-state index in [1.807, 2.05) is 0 Å². The highest BCUT2D eigenvalue weighted by Gasteiger charge is 2.20. The summed E-state index contributed by atoms with van der Waals surface area (Å²) < 4.78 is 0. The van der Waals surface area contributed by atoms with Crippen molar-refractivity contribution in [1.29, 1.82) is 0 Å². The number of nitro groups is 1. The minimum atomic E-state index is -0.479. The van der Waals surface area contributed by atoms with E-state index in [9.17, 15) is 10.1 Å². The smallest absolute Gasteiger partial charge is 0.314 e. The van der Waals surface area contributed by atoms with Crippen LogP contribution in [-0.4, -0.2) is 9.91 Å². The molecule has 1 N–H and O–H groups in total. The maximum atomic E-state index is 11.0. The van der Waals surface area contributed by atoms with Gasteiger partial charge in [0.15, 0.2) is 0 Å². The lowest BCUT2D eigenvalue weighted by atomic mass is 10.2. The molecule has 0 aliphatic heterocycles. The second-order valence-corrected chi connectivity index (χ2v) is 4.02. The summed E-state index contributed by atoms with van der Waals surface area (Å²) in [7, 11) is 0. The fourth-order valence-corrected chi connectivity index (χ4v) is 1.80. The molecule has 2 rings (SSSR count). The molecule has 0 aliphatic carbocycles. The first-order valence-electron chi connectivity index (χ1n) is 5.12. The van der Waals surface area contributed by atoms with E-state index in [0.717, 1.165) is 0 Å². The van der Waals surface area contributed by atoms with Crippen LogP contribution < -0.4 is 5.32 Å². The molecule has 18 heavy (non-hydrogen) atoms. The Balaban J connectivity index is 2.46. The van der Waals surface area contributed by atoms with Crippen molar-refractivity contribution < 1.29 is 4.92 Å². The molecule has 5 nitrogen and oxygen atoms in total. The number of halogens is 1. The molecule has 0 bridgehead atoms. The van der Waals surface area contributed by atoms with Crippen LogP contribution in [0.25, 0.3) is 0 Å². The van der Waals surface area contributed by atoms with Gasteiger partial charge in [-0.05, 0) is 31.2 Å². The SMILES string of the molecule is Cc1cc(Cl)nc(Nc2c[c]ccc2)c1[N+](=O)[O-]. The topological polar surface area (TPSA) is 68.1 Å². The second-order valence-electron chi connectivity index (χ2n) is 3.63. The third-order valence-electron chi connectivity index (χ3n) is 2.30. The van der Waals surface area contributed by atoms with E-state index >= 15 is 0 Å². The molecule has 0 atom stereocenters. The van der Waals surface area contributed by atoms with Crippen LogP contribution in [0.4, 0.5) is 17.2 Å². The second kappa shape index (κ2) is 5.01. The van der Waals surface area contributed by atoms with E-state index in [4.69, 9.17) is 11.6 Å². The molecule has 0 unspecified atom stereocenters. The summed E-state index contributed by atoms with van der Waals surface area (Å²) in [5.74, 6) is 0.129. The average Bonchev–Trinajstić information content (AvgIpc) is 2.28. The number of nitrogens with one attached hydrogen (secondary N) is 1. The molecular weight excluding hydrogens is 254 g/mol. The van der Waals surface area contributed by atoms with Gasteiger partial charge in [0, 0.05) is 11.3 Å². The first-order chi connectivity index (χ1) is 8.58. The Morgan fingerprint density at radius 1 is 1.56 bits per heavy atom. The van der Waals surface area contributed by atoms with Crippen molar-refractivity contribution >= 4 is 28.8 Å². The van der Waals surface area contributed by atoms with Gasteiger partial charge in [-0.2, -0.15) is 0 Å². The molecule has 91 valence electrons. The first-order valence-corrected chi connectivity index (χ1v) is 5.50. The number of hydrogen-bond acceptors (Lipinski definition) is 4. The van der Waals surface area contributed by atoms with Crippen LogP contribution >= 0.6 is 11.6 Å². The zero-order chi connectivity index (χ0) is 13.1. The summed E-state index contributed by atoms with van der Waals surface area (Å²) in [5, 5.41) is 14.1. The van der Waals surface area contributed by atoms with E-state index in [0.29, 0.717) is 11.3 Å². The molecule has 0 saturated heterocycles. The Hall–Kier alpha value is -2.14. The number of aromatic nitrogens is 1. The van der Waals surface area contributed by atoms with Crippen LogP contribution in [0.5, 0.6) is 0 Å².